The van der Waals surface area contributed by atoms with E-state index in [1.54, 1.807) is 29.2 Å². The summed E-state index contributed by atoms with van der Waals surface area (Å²) < 4.78 is 0. The Kier molecular flexibility index (Phi) is 3.84. The van der Waals surface area contributed by atoms with Crippen LogP contribution in [0.4, 0.5) is 5.69 Å². The van der Waals surface area contributed by atoms with E-state index < -0.39 is 0 Å². The van der Waals surface area contributed by atoms with Crippen molar-refractivity contribution < 1.29 is 9.90 Å². The van der Waals surface area contributed by atoms with Gasteiger partial charge in [0.05, 0.1) is 12.6 Å². The van der Waals surface area contributed by atoms with Crippen LogP contribution >= 0.6 is 0 Å². The highest BCUT2D eigenvalue weighted by atomic mass is 16.3. The molecule has 0 spiro atoms. The maximum Gasteiger partial charge on any atom is 0.254 e. The van der Waals surface area contributed by atoms with Crippen molar-refractivity contribution in [2.24, 2.45) is 0 Å². The predicted octanol–water partition coefficient (Wildman–Crippen LogP) is 0.0173. The highest BCUT2D eigenvalue weighted by molar-refractivity contribution is 5.94. The molecule has 1 aliphatic rings. The molecule has 1 heterocycles. The minimum Gasteiger partial charge on any atom is -0.399 e. The van der Waals surface area contributed by atoms with E-state index in [2.05, 4.69) is 4.90 Å². The van der Waals surface area contributed by atoms with Crippen LogP contribution in [-0.2, 0) is 0 Å². The summed E-state index contributed by atoms with van der Waals surface area (Å²) in [7, 11) is 1.99. The molecule has 2 rings (SSSR count). The molecule has 0 aromatic heterocycles. The van der Waals surface area contributed by atoms with Gasteiger partial charge in [-0.3, -0.25) is 4.79 Å². The van der Waals surface area contributed by atoms with Crippen molar-refractivity contribution in [1.29, 1.82) is 0 Å². The Morgan fingerprint density at radius 3 is 2.67 bits per heavy atom. The molecule has 5 nitrogen and oxygen atoms in total. The third kappa shape index (κ3) is 2.63. The van der Waals surface area contributed by atoms with E-state index in [4.69, 9.17) is 5.73 Å². The Bertz CT molecular complexity index is 419. The number of nitrogen functional groups attached to an aromatic ring is 1. The number of benzene rings is 1. The molecule has 1 fully saturated rings. The third-order valence-corrected chi connectivity index (χ3v) is 3.32. The number of hydrogen-bond donors (Lipinski definition) is 2. The van der Waals surface area contributed by atoms with Gasteiger partial charge in [-0.05, 0) is 31.3 Å². The molecule has 0 aliphatic carbocycles. The summed E-state index contributed by atoms with van der Waals surface area (Å²) in [6, 6.07) is 6.76. The van der Waals surface area contributed by atoms with Crippen LogP contribution < -0.4 is 5.73 Å². The number of nitrogens with zero attached hydrogens (tertiary/aromatic N) is 2. The molecular formula is C13H19N3O2. The molecule has 3 N–H and O–H groups in total. The summed E-state index contributed by atoms with van der Waals surface area (Å²) in [5.41, 5.74) is 6.87. The molecule has 1 saturated heterocycles. The summed E-state index contributed by atoms with van der Waals surface area (Å²) >= 11 is 0. The van der Waals surface area contributed by atoms with Gasteiger partial charge in [0.15, 0.2) is 0 Å². The molecule has 1 atom stereocenters. The molecule has 98 valence electrons. The van der Waals surface area contributed by atoms with E-state index in [0.717, 1.165) is 6.54 Å². The number of amides is 1. The van der Waals surface area contributed by atoms with E-state index in [0.29, 0.717) is 24.3 Å². The van der Waals surface area contributed by atoms with Gasteiger partial charge in [-0.25, -0.2) is 0 Å². The first-order valence-corrected chi connectivity index (χ1v) is 6.07. The number of likely N-dealkylation sites (N-methyl/N-ethyl adjacent to an activating group) is 1. The number of anilines is 1. The monoisotopic (exact) mass is 249 g/mol. The summed E-state index contributed by atoms with van der Waals surface area (Å²) in [5, 5.41) is 9.38. The molecule has 0 bridgehead atoms. The largest absolute Gasteiger partial charge is 0.399 e. The van der Waals surface area contributed by atoms with Crippen LogP contribution in [0.25, 0.3) is 0 Å². The molecule has 1 aromatic rings. The smallest absolute Gasteiger partial charge is 0.254 e. The van der Waals surface area contributed by atoms with Crippen molar-refractivity contribution in [3.63, 3.8) is 0 Å². The van der Waals surface area contributed by atoms with E-state index in [9.17, 15) is 9.90 Å². The molecule has 5 heteroatoms. The first-order valence-electron chi connectivity index (χ1n) is 6.07. The van der Waals surface area contributed by atoms with Gasteiger partial charge >= 0.3 is 0 Å². The summed E-state index contributed by atoms with van der Waals surface area (Å²) in [6.45, 7) is 2.17. The van der Waals surface area contributed by atoms with Crippen molar-refractivity contribution in [3.05, 3.63) is 29.8 Å². The summed E-state index contributed by atoms with van der Waals surface area (Å²) in [6.07, 6.45) is 0. The zero-order chi connectivity index (χ0) is 13.1. The normalized spacial score (nSPS) is 21.0. The van der Waals surface area contributed by atoms with Crippen molar-refractivity contribution in [3.8, 4) is 0 Å². The lowest BCUT2D eigenvalue weighted by Crippen LogP contribution is -2.55. The van der Waals surface area contributed by atoms with Gasteiger partial charge in [-0.2, -0.15) is 0 Å². The lowest BCUT2D eigenvalue weighted by molar-refractivity contribution is 0.0356. The average molecular weight is 249 g/mol. The number of aliphatic hydroxyl groups is 1. The van der Waals surface area contributed by atoms with Gasteiger partial charge in [-0.1, -0.05) is 0 Å². The Balaban J connectivity index is 2.14. The topological polar surface area (TPSA) is 69.8 Å². The second-order valence-electron chi connectivity index (χ2n) is 4.72. The number of hydrogen-bond acceptors (Lipinski definition) is 4. The van der Waals surface area contributed by atoms with Gasteiger partial charge in [0.2, 0.25) is 0 Å². The van der Waals surface area contributed by atoms with Crippen LogP contribution in [0.3, 0.4) is 0 Å². The lowest BCUT2D eigenvalue weighted by atomic mass is 10.1. The standard InChI is InChI=1S/C13H19N3O2/c1-15-6-7-16(12(8-15)9-17)13(18)10-2-4-11(14)5-3-10/h2-5,12,17H,6-9,14H2,1H3. The van der Waals surface area contributed by atoms with Crippen LogP contribution in [0, 0.1) is 0 Å². The Hall–Kier alpha value is -1.59. The zero-order valence-corrected chi connectivity index (χ0v) is 10.5. The number of nitrogens with two attached hydrogens (primary N) is 1. The van der Waals surface area contributed by atoms with E-state index >= 15 is 0 Å². The van der Waals surface area contributed by atoms with Crippen molar-refractivity contribution in [1.82, 2.24) is 9.80 Å². The van der Waals surface area contributed by atoms with Gasteiger partial charge in [0.1, 0.15) is 0 Å². The lowest BCUT2D eigenvalue weighted by Gasteiger charge is -2.39. The molecule has 1 unspecified atom stereocenters. The quantitative estimate of drug-likeness (QED) is 0.725. The SMILES string of the molecule is CN1CCN(C(=O)c2ccc(N)cc2)C(CO)C1. The third-order valence-electron chi connectivity index (χ3n) is 3.32. The van der Waals surface area contributed by atoms with Crippen molar-refractivity contribution >= 4 is 11.6 Å². The van der Waals surface area contributed by atoms with Gasteiger partial charge in [-0.15, -0.1) is 0 Å². The minimum absolute atomic E-state index is 0.00888. The van der Waals surface area contributed by atoms with Crippen LogP contribution in [0.5, 0.6) is 0 Å². The first-order chi connectivity index (χ1) is 8.61. The molecule has 1 amide bonds. The fraction of sp³-hybridized carbons (Fsp3) is 0.462. The number of carbonyl (C=O) groups excluding carboxylic acids is 1. The van der Waals surface area contributed by atoms with Gasteiger partial charge in [0.25, 0.3) is 5.91 Å². The van der Waals surface area contributed by atoms with Crippen LogP contribution in [-0.4, -0.2) is 60.1 Å². The van der Waals surface area contributed by atoms with Crippen LogP contribution in [0.15, 0.2) is 24.3 Å². The van der Waals surface area contributed by atoms with E-state index in [1.807, 2.05) is 7.05 Å². The maximum absolute atomic E-state index is 12.3. The number of piperazine rings is 1. The fourth-order valence-corrected chi connectivity index (χ4v) is 2.23. The van der Waals surface area contributed by atoms with Gasteiger partial charge < -0.3 is 20.6 Å². The van der Waals surface area contributed by atoms with Crippen LogP contribution in [0.1, 0.15) is 10.4 Å². The minimum atomic E-state index is -0.131. The predicted molar refractivity (Wildman–Crippen MR) is 70.3 cm³/mol. The molecule has 0 radical (unpaired) electrons. The second-order valence-corrected chi connectivity index (χ2v) is 4.72. The molecule has 18 heavy (non-hydrogen) atoms. The van der Waals surface area contributed by atoms with E-state index in [1.165, 1.54) is 0 Å². The van der Waals surface area contributed by atoms with Gasteiger partial charge in [0, 0.05) is 30.9 Å². The zero-order valence-electron chi connectivity index (χ0n) is 10.5. The number of carbonyl (C=O) groups is 1. The summed E-state index contributed by atoms with van der Waals surface area (Å²) in [5.74, 6) is -0.0397. The van der Waals surface area contributed by atoms with Crippen molar-refractivity contribution in [2.45, 2.75) is 6.04 Å². The van der Waals surface area contributed by atoms with Crippen molar-refractivity contribution in [2.75, 3.05) is 39.0 Å². The highest BCUT2D eigenvalue weighted by Crippen LogP contribution is 2.14. The average Bonchev–Trinajstić information content (AvgIpc) is 2.38. The Morgan fingerprint density at radius 1 is 1.39 bits per heavy atom. The Morgan fingerprint density at radius 2 is 2.06 bits per heavy atom. The first kappa shape index (κ1) is 12.9. The number of aliphatic hydroxyl groups excluding tert-OH is 1. The molecular weight excluding hydrogens is 230 g/mol. The molecule has 1 aliphatic heterocycles. The van der Waals surface area contributed by atoms with Crippen LogP contribution in [0.2, 0.25) is 0 Å². The van der Waals surface area contributed by atoms with E-state index in [-0.39, 0.29) is 18.6 Å². The second kappa shape index (κ2) is 5.37. The molecule has 0 saturated carbocycles. The Labute approximate surface area is 107 Å². The molecule has 1 aromatic carbocycles. The maximum atomic E-state index is 12.3. The fourth-order valence-electron chi connectivity index (χ4n) is 2.23. The summed E-state index contributed by atoms with van der Waals surface area (Å²) in [4.78, 5) is 16.2. The highest BCUT2D eigenvalue weighted by Gasteiger charge is 2.28. The number of rotatable bonds is 2.